The van der Waals surface area contributed by atoms with Crippen LogP contribution in [0.3, 0.4) is 0 Å². The molecule has 25 heavy (non-hydrogen) atoms. The van der Waals surface area contributed by atoms with Gasteiger partial charge in [-0.25, -0.2) is 0 Å². The Labute approximate surface area is 152 Å². The van der Waals surface area contributed by atoms with Crippen molar-refractivity contribution < 1.29 is 14.3 Å². The van der Waals surface area contributed by atoms with E-state index in [4.69, 9.17) is 9.47 Å². The number of allylic oxidation sites excluding steroid dienone is 1. The molecular weight excluding hydrogens is 338 g/mol. The number of aliphatic imine (C=N–C) groups is 1. The third kappa shape index (κ3) is 3.46. The number of nitrogens with zero attached hydrogens (tertiary/aromatic N) is 2. The van der Waals surface area contributed by atoms with Crippen molar-refractivity contribution >= 4 is 28.5 Å². The van der Waals surface area contributed by atoms with Gasteiger partial charge >= 0.3 is 0 Å². The highest BCUT2D eigenvalue weighted by atomic mass is 32.2. The number of hydrogen-bond acceptors (Lipinski definition) is 6. The lowest BCUT2D eigenvalue weighted by molar-refractivity contribution is -0.112. The molecule has 2 aliphatic rings. The Morgan fingerprint density at radius 2 is 2.12 bits per heavy atom. The number of ether oxygens (including phenoxy) is 2. The minimum atomic E-state index is -0.141. The number of amides is 1. The van der Waals surface area contributed by atoms with Crippen molar-refractivity contribution in [3.05, 3.63) is 28.8 Å². The first-order valence-corrected chi connectivity index (χ1v) is 9.14. The highest BCUT2D eigenvalue weighted by Crippen LogP contribution is 2.40. The van der Waals surface area contributed by atoms with Gasteiger partial charge in [-0.3, -0.25) is 9.79 Å². The van der Waals surface area contributed by atoms with Gasteiger partial charge in [0.05, 0.1) is 19.9 Å². The molecule has 7 heteroatoms. The van der Waals surface area contributed by atoms with E-state index < -0.39 is 0 Å². The van der Waals surface area contributed by atoms with Crippen LogP contribution in [0.5, 0.6) is 11.5 Å². The number of anilines is 1. The molecule has 0 aliphatic carbocycles. The van der Waals surface area contributed by atoms with Gasteiger partial charge in [0.25, 0.3) is 5.91 Å². The van der Waals surface area contributed by atoms with E-state index in [0.29, 0.717) is 22.1 Å². The van der Waals surface area contributed by atoms with Crippen molar-refractivity contribution in [1.29, 1.82) is 0 Å². The molecule has 0 radical (unpaired) electrons. The number of carbonyl (C=O) groups is 1. The van der Waals surface area contributed by atoms with Gasteiger partial charge in [0.15, 0.2) is 5.17 Å². The Balaban J connectivity index is 1.91. The number of nitrogens with one attached hydrogen (secondary N) is 1. The number of thioether (sulfide) groups is 1. The molecule has 0 bridgehead atoms. The molecule has 0 atom stereocenters. The fraction of sp³-hybridized carbons (Fsp3) is 0.444. The van der Waals surface area contributed by atoms with Crippen LogP contribution >= 0.6 is 11.8 Å². The van der Waals surface area contributed by atoms with Crippen LogP contribution in [0.25, 0.3) is 0 Å². The summed E-state index contributed by atoms with van der Waals surface area (Å²) in [5, 5.41) is 3.90. The second-order valence-corrected chi connectivity index (χ2v) is 7.14. The third-order valence-corrected chi connectivity index (χ3v) is 5.27. The number of benzene rings is 1. The van der Waals surface area contributed by atoms with Crippen molar-refractivity contribution in [1.82, 2.24) is 4.90 Å². The Bertz CT molecular complexity index is 743. The van der Waals surface area contributed by atoms with Gasteiger partial charge in [-0.2, -0.15) is 0 Å². The molecule has 0 aromatic heterocycles. The van der Waals surface area contributed by atoms with E-state index in [1.165, 1.54) is 11.8 Å². The van der Waals surface area contributed by atoms with Crippen molar-refractivity contribution in [3.63, 3.8) is 0 Å². The fourth-order valence-corrected chi connectivity index (χ4v) is 4.22. The van der Waals surface area contributed by atoms with Gasteiger partial charge in [-0.1, -0.05) is 13.8 Å². The van der Waals surface area contributed by atoms with E-state index >= 15 is 0 Å². The van der Waals surface area contributed by atoms with E-state index in [0.717, 1.165) is 30.4 Å². The van der Waals surface area contributed by atoms with Crippen LogP contribution in [-0.4, -0.2) is 43.3 Å². The highest BCUT2D eigenvalue weighted by molar-refractivity contribution is 8.18. The van der Waals surface area contributed by atoms with Crippen LogP contribution in [0.1, 0.15) is 20.3 Å². The highest BCUT2D eigenvalue weighted by Gasteiger charge is 2.35. The average Bonchev–Trinajstić information content (AvgIpc) is 3.01. The lowest BCUT2D eigenvalue weighted by Gasteiger charge is -2.27. The first-order valence-electron chi connectivity index (χ1n) is 8.32. The summed E-state index contributed by atoms with van der Waals surface area (Å²) >= 11 is 1.45. The molecule has 0 saturated carbocycles. The molecule has 0 spiro atoms. The number of methoxy groups -OCH3 is 2. The number of rotatable bonds is 5. The van der Waals surface area contributed by atoms with Gasteiger partial charge in [-0.05, 0) is 36.2 Å². The number of carbonyl (C=O) groups excluding carboxylic acids is 1. The van der Waals surface area contributed by atoms with Crippen LogP contribution in [0, 0.1) is 5.92 Å². The first kappa shape index (κ1) is 17.7. The van der Waals surface area contributed by atoms with Crippen LogP contribution < -0.4 is 14.8 Å². The zero-order chi connectivity index (χ0) is 18.0. The summed E-state index contributed by atoms with van der Waals surface area (Å²) in [6.07, 6.45) is 1.01. The molecule has 134 valence electrons. The summed E-state index contributed by atoms with van der Waals surface area (Å²) in [5.41, 5.74) is 1.64. The summed E-state index contributed by atoms with van der Waals surface area (Å²) in [6.45, 7) is 5.95. The largest absolute Gasteiger partial charge is 0.497 e. The number of amidine groups is 1. The molecule has 1 aromatic carbocycles. The standard InChI is InChI=1S/C18H23N3O3S/c1-11(2)15-16(25-18-19-8-5-9-21(15)18)17(22)20-13-10-12(23-3)6-7-14(13)24-4/h6-7,10-11H,5,8-9H2,1-4H3,(H,20,22). The van der Waals surface area contributed by atoms with E-state index in [2.05, 4.69) is 29.1 Å². The normalized spacial score (nSPS) is 16.7. The van der Waals surface area contributed by atoms with Crippen molar-refractivity contribution in [2.45, 2.75) is 20.3 Å². The molecule has 1 N–H and O–H groups in total. The summed E-state index contributed by atoms with van der Waals surface area (Å²) in [6, 6.07) is 5.34. The lowest BCUT2D eigenvalue weighted by Crippen LogP contribution is -2.31. The van der Waals surface area contributed by atoms with E-state index in [-0.39, 0.29) is 11.8 Å². The molecule has 0 unspecified atom stereocenters. The second-order valence-electron chi connectivity index (χ2n) is 6.16. The predicted molar refractivity (Wildman–Crippen MR) is 101 cm³/mol. The Hall–Kier alpha value is -2.15. The minimum absolute atomic E-state index is 0.141. The lowest BCUT2D eigenvalue weighted by atomic mass is 10.1. The Morgan fingerprint density at radius 3 is 2.80 bits per heavy atom. The van der Waals surface area contributed by atoms with E-state index in [9.17, 15) is 4.79 Å². The summed E-state index contributed by atoms with van der Waals surface area (Å²) in [4.78, 5) is 20.4. The van der Waals surface area contributed by atoms with Crippen molar-refractivity contribution in [2.24, 2.45) is 10.9 Å². The quantitative estimate of drug-likeness (QED) is 0.872. The number of hydrogen-bond donors (Lipinski definition) is 1. The molecular formula is C18H23N3O3S. The zero-order valence-electron chi connectivity index (χ0n) is 15.0. The predicted octanol–water partition coefficient (Wildman–Crippen LogP) is 3.32. The fourth-order valence-electron chi connectivity index (χ4n) is 2.99. The molecule has 1 amide bonds. The summed E-state index contributed by atoms with van der Waals surface area (Å²) in [5.74, 6) is 1.36. The van der Waals surface area contributed by atoms with Gasteiger partial charge in [0.2, 0.25) is 0 Å². The topological polar surface area (TPSA) is 63.2 Å². The second kappa shape index (κ2) is 7.39. The summed E-state index contributed by atoms with van der Waals surface area (Å²) < 4.78 is 10.6. The van der Waals surface area contributed by atoms with Crippen LogP contribution in [0.4, 0.5) is 5.69 Å². The van der Waals surface area contributed by atoms with E-state index in [1.54, 1.807) is 32.4 Å². The maximum Gasteiger partial charge on any atom is 0.264 e. The van der Waals surface area contributed by atoms with Gasteiger partial charge in [-0.15, -0.1) is 0 Å². The smallest absolute Gasteiger partial charge is 0.264 e. The SMILES string of the molecule is COc1ccc(OC)c(NC(=O)C2=C(C(C)C)N3CCCN=C3S2)c1. The van der Waals surface area contributed by atoms with Crippen LogP contribution in [-0.2, 0) is 4.79 Å². The third-order valence-electron chi connectivity index (χ3n) is 4.14. The Morgan fingerprint density at radius 1 is 1.32 bits per heavy atom. The average molecular weight is 361 g/mol. The first-order chi connectivity index (χ1) is 12.0. The minimum Gasteiger partial charge on any atom is -0.497 e. The van der Waals surface area contributed by atoms with Crippen molar-refractivity contribution in [2.75, 3.05) is 32.6 Å². The summed E-state index contributed by atoms with van der Waals surface area (Å²) in [7, 11) is 3.17. The maximum absolute atomic E-state index is 13.0. The zero-order valence-corrected chi connectivity index (χ0v) is 15.8. The molecule has 6 nitrogen and oxygen atoms in total. The van der Waals surface area contributed by atoms with Gasteiger partial charge in [0, 0.05) is 24.9 Å². The monoisotopic (exact) mass is 361 g/mol. The van der Waals surface area contributed by atoms with Gasteiger partial charge in [0.1, 0.15) is 16.4 Å². The molecule has 2 heterocycles. The van der Waals surface area contributed by atoms with Crippen LogP contribution in [0.2, 0.25) is 0 Å². The van der Waals surface area contributed by atoms with Crippen LogP contribution in [0.15, 0.2) is 33.8 Å². The van der Waals surface area contributed by atoms with Gasteiger partial charge < -0.3 is 19.7 Å². The van der Waals surface area contributed by atoms with E-state index in [1.807, 2.05) is 0 Å². The molecule has 1 aromatic rings. The molecule has 0 fully saturated rings. The van der Waals surface area contributed by atoms with Crippen molar-refractivity contribution in [3.8, 4) is 11.5 Å². The number of fused-ring (bicyclic) bond motifs is 1. The Kier molecular flexibility index (Phi) is 5.22. The maximum atomic E-state index is 13.0. The molecule has 3 rings (SSSR count). The molecule has 0 saturated heterocycles. The molecule has 2 aliphatic heterocycles.